The monoisotopic (exact) mass is 355 g/mol. The minimum atomic E-state index is 0.728. The Morgan fingerprint density at radius 2 is 1.38 bits per heavy atom. The van der Waals surface area contributed by atoms with Crippen LogP contribution in [0, 0.1) is 11.8 Å². The summed E-state index contributed by atoms with van der Waals surface area (Å²) in [4.78, 5) is 4.93. The van der Waals surface area contributed by atoms with Crippen molar-refractivity contribution in [3.8, 4) is 0 Å². The molecule has 146 valence electrons. The van der Waals surface area contributed by atoms with Gasteiger partial charge in [0, 0.05) is 17.8 Å². The lowest BCUT2D eigenvalue weighted by Crippen LogP contribution is -2.15. The van der Waals surface area contributed by atoms with Crippen LogP contribution in [0.4, 0.5) is 0 Å². The van der Waals surface area contributed by atoms with Gasteiger partial charge >= 0.3 is 0 Å². The Balaban J connectivity index is 1.45. The van der Waals surface area contributed by atoms with E-state index in [1.807, 2.05) is 0 Å². The van der Waals surface area contributed by atoms with Crippen molar-refractivity contribution in [1.82, 2.24) is 4.98 Å². The number of aromatic nitrogens is 1. The Kier molecular flexibility index (Phi) is 8.02. The van der Waals surface area contributed by atoms with E-state index >= 15 is 0 Å². The normalized spacial score (nSPS) is 29.6. The largest absolute Gasteiger partial charge is 0.261 e. The molecule has 0 atom stereocenters. The SMILES string of the molecule is CCCCCC1CCC(c2ccc(C3CCC(CCC)CC3)nc2)CC1. The molecule has 2 fully saturated rings. The second kappa shape index (κ2) is 10.5. The Hall–Kier alpha value is -0.850. The summed E-state index contributed by atoms with van der Waals surface area (Å²) in [7, 11) is 0. The molecular formula is C25H41N. The average molecular weight is 356 g/mol. The van der Waals surface area contributed by atoms with E-state index in [9.17, 15) is 0 Å². The van der Waals surface area contributed by atoms with Gasteiger partial charge in [-0.05, 0) is 80.8 Å². The number of unbranched alkanes of at least 4 members (excludes halogenated alkanes) is 2. The molecule has 1 aromatic heterocycles. The predicted molar refractivity (Wildman–Crippen MR) is 113 cm³/mol. The summed E-state index contributed by atoms with van der Waals surface area (Å²) in [5, 5.41) is 0. The highest BCUT2D eigenvalue weighted by Crippen LogP contribution is 2.39. The van der Waals surface area contributed by atoms with Gasteiger partial charge in [-0.1, -0.05) is 58.4 Å². The third kappa shape index (κ3) is 5.57. The molecule has 2 aliphatic carbocycles. The van der Waals surface area contributed by atoms with E-state index in [1.54, 1.807) is 0 Å². The third-order valence-corrected chi connectivity index (χ3v) is 7.31. The first-order chi connectivity index (χ1) is 12.8. The van der Waals surface area contributed by atoms with Crippen molar-refractivity contribution in [3.63, 3.8) is 0 Å². The van der Waals surface area contributed by atoms with Gasteiger partial charge in [-0.15, -0.1) is 0 Å². The summed E-state index contributed by atoms with van der Waals surface area (Å²) >= 11 is 0. The van der Waals surface area contributed by atoms with Gasteiger partial charge in [0.15, 0.2) is 0 Å². The maximum Gasteiger partial charge on any atom is 0.0434 e. The summed E-state index contributed by atoms with van der Waals surface area (Å²) in [5.74, 6) is 3.50. The summed E-state index contributed by atoms with van der Waals surface area (Å²) in [6.07, 6.45) is 21.9. The number of hydrogen-bond acceptors (Lipinski definition) is 1. The fraction of sp³-hybridized carbons (Fsp3) is 0.800. The topological polar surface area (TPSA) is 12.9 Å². The van der Waals surface area contributed by atoms with Crippen LogP contribution in [0.1, 0.15) is 127 Å². The summed E-state index contributed by atoms with van der Waals surface area (Å²) in [5.41, 5.74) is 2.89. The van der Waals surface area contributed by atoms with Crippen LogP contribution in [0.5, 0.6) is 0 Å². The van der Waals surface area contributed by atoms with Crippen molar-refractivity contribution in [2.45, 2.75) is 116 Å². The lowest BCUT2D eigenvalue weighted by atomic mass is 9.76. The summed E-state index contributed by atoms with van der Waals surface area (Å²) in [6.45, 7) is 4.63. The van der Waals surface area contributed by atoms with Crippen molar-refractivity contribution in [2.24, 2.45) is 11.8 Å². The highest BCUT2D eigenvalue weighted by molar-refractivity contribution is 5.21. The van der Waals surface area contributed by atoms with E-state index in [4.69, 9.17) is 4.98 Å². The molecule has 0 N–H and O–H groups in total. The number of pyridine rings is 1. The van der Waals surface area contributed by atoms with Crippen LogP contribution in [0.2, 0.25) is 0 Å². The van der Waals surface area contributed by atoms with Gasteiger partial charge in [0.05, 0.1) is 0 Å². The van der Waals surface area contributed by atoms with Crippen molar-refractivity contribution in [1.29, 1.82) is 0 Å². The minimum Gasteiger partial charge on any atom is -0.261 e. The molecule has 0 saturated heterocycles. The Labute approximate surface area is 162 Å². The van der Waals surface area contributed by atoms with E-state index < -0.39 is 0 Å². The molecule has 2 aliphatic rings. The van der Waals surface area contributed by atoms with E-state index in [-0.39, 0.29) is 0 Å². The summed E-state index contributed by atoms with van der Waals surface area (Å²) in [6, 6.07) is 4.79. The number of nitrogens with zero attached hydrogens (tertiary/aromatic N) is 1. The highest BCUT2D eigenvalue weighted by atomic mass is 14.7. The molecular weight excluding hydrogens is 314 g/mol. The predicted octanol–water partition coefficient (Wildman–Crippen LogP) is 8.01. The first-order valence-electron chi connectivity index (χ1n) is 11.8. The lowest BCUT2D eigenvalue weighted by molar-refractivity contribution is 0.301. The van der Waals surface area contributed by atoms with E-state index in [0.717, 1.165) is 23.7 Å². The lowest BCUT2D eigenvalue weighted by Gasteiger charge is -2.30. The van der Waals surface area contributed by atoms with Crippen LogP contribution in [0.3, 0.4) is 0 Å². The molecule has 0 amide bonds. The molecule has 1 heteroatoms. The van der Waals surface area contributed by atoms with Gasteiger partial charge in [-0.2, -0.15) is 0 Å². The molecule has 0 radical (unpaired) electrons. The van der Waals surface area contributed by atoms with Crippen LogP contribution >= 0.6 is 0 Å². The average Bonchev–Trinajstić information content (AvgIpc) is 2.70. The first kappa shape index (κ1) is 19.9. The standard InChI is InChI=1S/C25H41N/c1-3-5-6-8-21-9-13-22(14-10-21)24-17-18-25(26-19-24)23-15-11-20(7-4-2)12-16-23/h17-23H,3-16H2,1-2H3. The zero-order chi connectivity index (χ0) is 18.2. The molecule has 0 unspecified atom stereocenters. The van der Waals surface area contributed by atoms with Gasteiger partial charge in [0.25, 0.3) is 0 Å². The smallest absolute Gasteiger partial charge is 0.0434 e. The molecule has 0 bridgehead atoms. The second-order valence-corrected chi connectivity index (χ2v) is 9.24. The third-order valence-electron chi connectivity index (χ3n) is 7.31. The van der Waals surface area contributed by atoms with Crippen molar-refractivity contribution in [2.75, 3.05) is 0 Å². The van der Waals surface area contributed by atoms with Crippen LogP contribution in [-0.2, 0) is 0 Å². The van der Waals surface area contributed by atoms with Gasteiger partial charge in [-0.3, -0.25) is 4.98 Å². The van der Waals surface area contributed by atoms with Gasteiger partial charge in [-0.25, -0.2) is 0 Å². The number of hydrogen-bond donors (Lipinski definition) is 0. The van der Waals surface area contributed by atoms with E-state index in [1.165, 1.54) is 101 Å². The zero-order valence-corrected chi connectivity index (χ0v) is 17.4. The molecule has 3 rings (SSSR count). The van der Waals surface area contributed by atoms with Crippen molar-refractivity contribution >= 4 is 0 Å². The Bertz CT molecular complexity index is 489. The molecule has 2 saturated carbocycles. The molecule has 0 aromatic carbocycles. The van der Waals surface area contributed by atoms with Crippen LogP contribution in [0.15, 0.2) is 18.3 Å². The summed E-state index contributed by atoms with van der Waals surface area (Å²) < 4.78 is 0. The second-order valence-electron chi connectivity index (χ2n) is 9.24. The number of rotatable bonds is 8. The van der Waals surface area contributed by atoms with Crippen LogP contribution in [0.25, 0.3) is 0 Å². The van der Waals surface area contributed by atoms with Gasteiger partial charge < -0.3 is 0 Å². The van der Waals surface area contributed by atoms with Crippen LogP contribution in [-0.4, -0.2) is 4.98 Å². The molecule has 1 nitrogen and oxygen atoms in total. The van der Waals surface area contributed by atoms with Crippen LogP contribution < -0.4 is 0 Å². The molecule has 0 spiro atoms. The maximum absolute atomic E-state index is 4.93. The molecule has 26 heavy (non-hydrogen) atoms. The van der Waals surface area contributed by atoms with E-state index in [2.05, 4.69) is 32.2 Å². The van der Waals surface area contributed by atoms with Crippen molar-refractivity contribution < 1.29 is 0 Å². The molecule has 1 heterocycles. The Morgan fingerprint density at radius 1 is 0.731 bits per heavy atom. The fourth-order valence-electron chi connectivity index (χ4n) is 5.52. The molecule has 1 aromatic rings. The van der Waals surface area contributed by atoms with Crippen molar-refractivity contribution in [3.05, 3.63) is 29.6 Å². The highest BCUT2D eigenvalue weighted by Gasteiger charge is 2.24. The zero-order valence-electron chi connectivity index (χ0n) is 17.4. The van der Waals surface area contributed by atoms with E-state index in [0.29, 0.717) is 0 Å². The molecule has 0 aliphatic heterocycles. The maximum atomic E-state index is 4.93. The first-order valence-corrected chi connectivity index (χ1v) is 11.8. The quantitative estimate of drug-likeness (QED) is 0.430. The minimum absolute atomic E-state index is 0.728. The van der Waals surface area contributed by atoms with Gasteiger partial charge in [0.1, 0.15) is 0 Å². The fourth-order valence-corrected chi connectivity index (χ4v) is 5.52. The van der Waals surface area contributed by atoms with Gasteiger partial charge in [0.2, 0.25) is 0 Å². The Morgan fingerprint density at radius 3 is 1.96 bits per heavy atom.